The lowest BCUT2D eigenvalue weighted by atomic mass is 9.99. The zero-order chi connectivity index (χ0) is 28.0. The lowest BCUT2D eigenvalue weighted by molar-refractivity contribution is -0.122. The van der Waals surface area contributed by atoms with Crippen molar-refractivity contribution in [2.24, 2.45) is 11.7 Å². The Labute approximate surface area is 228 Å². The SMILES string of the molecule is CCc1ccccc1N(C(=O)c1snc(C(N)=O)c1N)[C@@H](C(=O)NCCC(C)C)c1ccc(N(C)C)cc1. The van der Waals surface area contributed by atoms with Crippen molar-refractivity contribution in [3.8, 4) is 0 Å². The van der Waals surface area contributed by atoms with Gasteiger partial charge in [-0.2, -0.15) is 4.37 Å². The van der Waals surface area contributed by atoms with E-state index in [1.165, 1.54) is 4.90 Å². The van der Waals surface area contributed by atoms with Crippen molar-refractivity contribution in [3.05, 3.63) is 70.2 Å². The smallest absolute Gasteiger partial charge is 0.273 e. The van der Waals surface area contributed by atoms with Crippen LogP contribution in [-0.4, -0.2) is 42.7 Å². The summed E-state index contributed by atoms with van der Waals surface area (Å²) < 4.78 is 4.02. The first-order chi connectivity index (χ1) is 18.1. The minimum atomic E-state index is -1.00. The maximum Gasteiger partial charge on any atom is 0.273 e. The Balaban J connectivity index is 2.21. The van der Waals surface area contributed by atoms with Crippen LogP contribution in [0.2, 0.25) is 0 Å². The van der Waals surface area contributed by atoms with Gasteiger partial charge in [0, 0.05) is 32.0 Å². The molecule has 38 heavy (non-hydrogen) atoms. The quantitative estimate of drug-likeness (QED) is 0.339. The molecule has 3 aromatic rings. The number of carbonyl (C=O) groups is 3. The molecule has 0 aliphatic rings. The van der Waals surface area contributed by atoms with Gasteiger partial charge in [-0.1, -0.05) is 51.1 Å². The van der Waals surface area contributed by atoms with Crippen LogP contribution in [0.4, 0.5) is 17.1 Å². The van der Waals surface area contributed by atoms with Gasteiger partial charge < -0.3 is 21.7 Å². The monoisotopic (exact) mass is 536 g/mol. The first-order valence-electron chi connectivity index (χ1n) is 12.6. The number of carbonyl (C=O) groups excluding carboxylic acids is 3. The van der Waals surface area contributed by atoms with Gasteiger partial charge in [-0.15, -0.1) is 0 Å². The summed E-state index contributed by atoms with van der Waals surface area (Å²) in [4.78, 5) is 43.4. The molecule has 5 N–H and O–H groups in total. The summed E-state index contributed by atoms with van der Waals surface area (Å²) >= 11 is 0.796. The highest BCUT2D eigenvalue weighted by Gasteiger charge is 2.36. The van der Waals surface area contributed by atoms with Gasteiger partial charge in [-0.05, 0) is 59.6 Å². The molecule has 1 aromatic heterocycles. The van der Waals surface area contributed by atoms with E-state index in [0.717, 1.165) is 29.2 Å². The number of aryl methyl sites for hydroxylation is 1. The van der Waals surface area contributed by atoms with Gasteiger partial charge in [0.25, 0.3) is 11.8 Å². The van der Waals surface area contributed by atoms with Gasteiger partial charge >= 0.3 is 0 Å². The molecule has 0 fully saturated rings. The van der Waals surface area contributed by atoms with Crippen molar-refractivity contribution in [1.29, 1.82) is 0 Å². The highest BCUT2D eigenvalue weighted by Crippen LogP contribution is 2.35. The van der Waals surface area contributed by atoms with Crippen LogP contribution in [0.25, 0.3) is 0 Å². The third-order valence-electron chi connectivity index (χ3n) is 6.26. The number of benzene rings is 2. The van der Waals surface area contributed by atoms with E-state index in [1.54, 1.807) is 0 Å². The van der Waals surface area contributed by atoms with Crippen molar-refractivity contribution in [2.75, 3.05) is 36.2 Å². The largest absolute Gasteiger partial charge is 0.395 e. The lowest BCUT2D eigenvalue weighted by Crippen LogP contribution is -2.44. The van der Waals surface area contributed by atoms with Crippen molar-refractivity contribution in [2.45, 2.75) is 39.7 Å². The predicted octanol–water partition coefficient (Wildman–Crippen LogP) is 4.00. The third-order valence-corrected chi connectivity index (χ3v) is 7.11. The van der Waals surface area contributed by atoms with Crippen LogP contribution in [0.5, 0.6) is 0 Å². The Bertz CT molecular complexity index is 1290. The zero-order valence-electron chi connectivity index (χ0n) is 22.5. The Morgan fingerprint density at radius 1 is 1.05 bits per heavy atom. The number of aromatic nitrogens is 1. The van der Waals surface area contributed by atoms with Crippen LogP contribution in [0.1, 0.15) is 64.5 Å². The first kappa shape index (κ1) is 28.6. The molecule has 3 amide bonds. The van der Waals surface area contributed by atoms with E-state index in [-0.39, 0.29) is 22.2 Å². The number of rotatable bonds is 11. The van der Waals surface area contributed by atoms with E-state index in [2.05, 4.69) is 23.5 Å². The minimum absolute atomic E-state index is 0.0506. The van der Waals surface area contributed by atoms with Gasteiger partial charge in [0.15, 0.2) is 5.69 Å². The molecule has 9 nitrogen and oxygen atoms in total. The number of para-hydroxylation sites is 1. The van der Waals surface area contributed by atoms with Crippen molar-refractivity contribution in [1.82, 2.24) is 9.69 Å². The topological polar surface area (TPSA) is 135 Å². The molecule has 0 saturated carbocycles. The van der Waals surface area contributed by atoms with Crippen molar-refractivity contribution in [3.63, 3.8) is 0 Å². The molecule has 202 valence electrons. The number of primary amides is 1. The Hall–Kier alpha value is -3.92. The molecule has 0 radical (unpaired) electrons. The average Bonchev–Trinajstić information content (AvgIpc) is 3.28. The summed E-state index contributed by atoms with van der Waals surface area (Å²) in [6.45, 7) is 6.62. The Morgan fingerprint density at radius 2 is 1.71 bits per heavy atom. The first-order valence-corrected chi connectivity index (χ1v) is 13.4. The van der Waals surface area contributed by atoms with E-state index in [9.17, 15) is 14.4 Å². The molecule has 0 spiro atoms. The normalized spacial score (nSPS) is 11.7. The molecule has 1 heterocycles. The van der Waals surface area contributed by atoms with Gasteiger partial charge in [-0.3, -0.25) is 19.3 Å². The number of anilines is 3. The Morgan fingerprint density at radius 3 is 2.26 bits per heavy atom. The maximum atomic E-state index is 14.2. The van der Waals surface area contributed by atoms with E-state index in [4.69, 9.17) is 11.5 Å². The van der Waals surface area contributed by atoms with Crippen LogP contribution >= 0.6 is 11.5 Å². The summed E-state index contributed by atoms with van der Waals surface area (Å²) in [5.41, 5.74) is 14.4. The predicted molar refractivity (Wildman–Crippen MR) is 154 cm³/mol. The summed E-state index contributed by atoms with van der Waals surface area (Å²) in [6, 6.07) is 14.0. The second-order valence-corrected chi connectivity index (χ2v) is 10.4. The zero-order valence-corrected chi connectivity index (χ0v) is 23.3. The highest BCUT2D eigenvalue weighted by atomic mass is 32.1. The summed E-state index contributed by atoms with van der Waals surface area (Å²) in [6.07, 6.45) is 1.42. The molecule has 1 atom stereocenters. The second kappa shape index (κ2) is 12.6. The number of hydrogen-bond acceptors (Lipinski definition) is 7. The Kier molecular flexibility index (Phi) is 9.46. The molecular formula is C28H36N6O3S. The average molecular weight is 537 g/mol. The van der Waals surface area contributed by atoms with Gasteiger partial charge in [-0.25, -0.2) is 0 Å². The summed E-state index contributed by atoms with van der Waals surface area (Å²) in [5, 5.41) is 3.02. The van der Waals surface area contributed by atoms with Gasteiger partial charge in [0.05, 0.1) is 5.69 Å². The standard InChI is InChI=1S/C28H36N6O3S/c1-6-18-9-7-8-10-21(18)34(28(37)25-22(29)23(26(30)35)32-38-25)24(27(36)31-16-15-17(2)3)19-11-13-20(14-12-19)33(4)5/h7-14,17,24H,6,15-16,29H2,1-5H3,(H2,30,35)(H,31,36)/t24-/m1/s1. The van der Waals surface area contributed by atoms with Crippen LogP contribution < -0.4 is 26.6 Å². The van der Waals surface area contributed by atoms with E-state index >= 15 is 0 Å². The molecule has 0 aliphatic heterocycles. The minimum Gasteiger partial charge on any atom is -0.395 e. The molecular weight excluding hydrogens is 500 g/mol. The number of nitrogens with zero attached hydrogens (tertiary/aromatic N) is 3. The van der Waals surface area contributed by atoms with Crippen molar-refractivity contribution >= 4 is 46.3 Å². The third kappa shape index (κ3) is 6.31. The molecule has 0 unspecified atom stereocenters. The van der Waals surface area contributed by atoms with Gasteiger partial charge in [0.1, 0.15) is 10.9 Å². The molecule has 10 heteroatoms. The summed E-state index contributed by atoms with van der Waals surface area (Å²) in [5.74, 6) is -1.27. The summed E-state index contributed by atoms with van der Waals surface area (Å²) in [7, 11) is 3.86. The number of nitrogens with two attached hydrogens (primary N) is 2. The molecule has 0 aliphatic carbocycles. The van der Waals surface area contributed by atoms with E-state index in [0.29, 0.717) is 30.1 Å². The van der Waals surface area contributed by atoms with Gasteiger partial charge in [0.2, 0.25) is 5.91 Å². The van der Waals surface area contributed by atoms with Crippen molar-refractivity contribution < 1.29 is 14.4 Å². The molecule has 0 bridgehead atoms. The van der Waals surface area contributed by atoms with Crippen LogP contribution in [0.15, 0.2) is 48.5 Å². The highest BCUT2D eigenvalue weighted by molar-refractivity contribution is 7.09. The lowest BCUT2D eigenvalue weighted by Gasteiger charge is -2.33. The molecule has 2 aromatic carbocycles. The number of nitrogen functional groups attached to an aromatic ring is 1. The second-order valence-electron chi connectivity index (χ2n) is 9.66. The maximum absolute atomic E-state index is 14.2. The van der Waals surface area contributed by atoms with Crippen LogP contribution in [-0.2, 0) is 11.2 Å². The fourth-order valence-electron chi connectivity index (χ4n) is 4.10. The number of amides is 3. The molecule has 3 rings (SSSR count). The number of hydrogen-bond donors (Lipinski definition) is 3. The van der Waals surface area contributed by atoms with Crippen LogP contribution in [0.3, 0.4) is 0 Å². The fraction of sp³-hybridized carbons (Fsp3) is 0.357. The fourth-order valence-corrected chi connectivity index (χ4v) is 4.84. The van der Waals surface area contributed by atoms with E-state index in [1.807, 2.05) is 74.4 Å². The van der Waals surface area contributed by atoms with Crippen LogP contribution in [0, 0.1) is 5.92 Å². The molecule has 0 saturated heterocycles. The van der Waals surface area contributed by atoms with E-state index < -0.39 is 17.9 Å². The number of nitrogens with one attached hydrogen (secondary N) is 1.